The number of anilines is 2. The van der Waals surface area contributed by atoms with Crippen molar-refractivity contribution in [2.24, 2.45) is 0 Å². The summed E-state index contributed by atoms with van der Waals surface area (Å²) in [7, 11) is 3.85. The number of alkyl carbamates (subject to hydrolysis) is 2. The van der Waals surface area contributed by atoms with Gasteiger partial charge in [-0.3, -0.25) is 14.4 Å². The molecule has 3 aliphatic rings. The highest BCUT2D eigenvalue weighted by atomic mass is 16.6. The second kappa shape index (κ2) is 22.6. The fourth-order valence-electron chi connectivity index (χ4n) is 7.85. The van der Waals surface area contributed by atoms with E-state index in [9.17, 15) is 33.6 Å². The predicted octanol–water partition coefficient (Wildman–Crippen LogP) is 5.47. The third-order valence-corrected chi connectivity index (χ3v) is 11.0. The molecule has 19 heteroatoms. The van der Waals surface area contributed by atoms with Gasteiger partial charge in [0.2, 0.25) is 0 Å². The van der Waals surface area contributed by atoms with Gasteiger partial charge in [-0.25, -0.2) is 19.2 Å². The highest BCUT2D eigenvalue weighted by molar-refractivity contribution is 6.04. The fraction of sp³-hybridized carbons (Fsp3) is 0.587. The Hall–Kier alpha value is -6.27. The van der Waals surface area contributed by atoms with Crippen molar-refractivity contribution in [1.29, 1.82) is 0 Å². The molecule has 0 bridgehead atoms. The van der Waals surface area contributed by atoms with E-state index in [1.165, 1.54) is 26.2 Å². The normalized spacial score (nSPS) is 17.9. The molecule has 1 fully saturated rings. The van der Waals surface area contributed by atoms with E-state index in [1.54, 1.807) is 41.8 Å². The van der Waals surface area contributed by atoms with Crippen LogP contribution in [0.1, 0.15) is 107 Å². The van der Waals surface area contributed by atoms with Crippen molar-refractivity contribution in [3.63, 3.8) is 0 Å². The first kappa shape index (κ1) is 51.4. The van der Waals surface area contributed by atoms with Crippen LogP contribution in [0.25, 0.3) is 0 Å². The molecule has 0 spiro atoms. The minimum absolute atomic E-state index is 0.130. The fourth-order valence-corrected chi connectivity index (χ4v) is 7.85. The topological polar surface area (TPSA) is 212 Å². The molecule has 0 aromatic heterocycles. The lowest BCUT2D eigenvalue weighted by atomic mass is 9.97. The average Bonchev–Trinajstić information content (AvgIpc) is 3.27. The van der Waals surface area contributed by atoms with Gasteiger partial charge in [-0.15, -0.1) is 0 Å². The van der Waals surface area contributed by atoms with E-state index < -0.39 is 36.0 Å². The van der Waals surface area contributed by atoms with Crippen LogP contribution in [0.3, 0.4) is 0 Å². The van der Waals surface area contributed by atoms with Crippen LogP contribution in [-0.4, -0.2) is 142 Å². The average molecular weight is 911 g/mol. The number of esters is 1. The van der Waals surface area contributed by atoms with Crippen molar-refractivity contribution in [3.05, 3.63) is 46.5 Å². The van der Waals surface area contributed by atoms with Crippen LogP contribution in [0.15, 0.2) is 24.3 Å². The molecule has 6 amide bonds. The quantitative estimate of drug-likeness (QED) is 0.200. The van der Waals surface area contributed by atoms with E-state index in [0.717, 1.165) is 24.0 Å². The second-order valence-corrected chi connectivity index (χ2v) is 17.0. The maximum Gasteiger partial charge on any atom is 0.410 e. The summed E-state index contributed by atoms with van der Waals surface area (Å²) in [6.07, 6.45) is -0.177. The number of benzene rings is 2. The standard InChI is InChI=1S/C29H44N4O7.C17H22N2O6/c1-9-20-15-24-23(32(25(34)19(4)39-24)14-12-30-27(36)38-8)16-22(20)26(35)33(18(2)3)21-11-10-13-31(17-21)28(37)40-29(5,6)7;1-5-11-8-14-13(9-12(11)16(21)23-3)19(15(20)10(2)25-14)7-6-18-17(22)24-4/h15-16,18-19,21H,9-14,17H2,1-8H3,(H,30,36);8-10H,5-7H2,1-4H3,(H,18,22)/t19-,21-;10-/m11/s1. The van der Waals surface area contributed by atoms with Crippen molar-refractivity contribution in [3.8, 4) is 11.5 Å². The Morgan fingerprint density at radius 1 is 0.769 bits per heavy atom. The molecule has 1 saturated heterocycles. The lowest BCUT2D eigenvalue weighted by Gasteiger charge is -2.42. The van der Waals surface area contributed by atoms with Gasteiger partial charge in [0, 0.05) is 50.9 Å². The summed E-state index contributed by atoms with van der Waals surface area (Å²) in [5, 5.41) is 5.13. The number of carbonyl (C=O) groups excluding carboxylic acids is 7. The zero-order valence-electron chi connectivity index (χ0n) is 39.8. The van der Waals surface area contributed by atoms with Crippen molar-refractivity contribution >= 4 is 53.3 Å². The number of hydrogen-bond donors (Lipinski definition) is 2. The van der Waals surface area contributed by atoms with Gasteiger partial charge in [0.15, 0.2) is 12.2 Å². The minimum Gasteiger partial charge on any atom is -0.479 e. The van der Waals surface area contributed by atoms with E-state index >= 15 is 0 Å². The third kappa shape index (κ3) is 12.7. The summed E-state index contributed by atoms with van der Waals surface area (Å²) in [5.74, 6) is -0.108. The maximum absolute atomic E-state index is 14.2. The molecule has 2 N–H and O–H groups in total. The highest BCUT2D eigenvalue weighted by Crippen LogP contribution is 2.39. The van der Waals surface area contributed by atoms with Crippen LogP contribution in [0.4, 0.5) is 25.8 Å². The molecule has 358 valence electrons. The first-order valence-corrected chi connectivity index (χ1v) is 22.0. The smallest absolute Gasteiger partial charge is 0.410 e. The van der Waals surface area contributed by atoms with Crippen molar-refractivity contribution in [2.75, 3.05) is 70.4 Å². The molecule has 5 rings (SSSR count). The van der Waals surface area contributed by atoms with Crippen molar-refractivity contribution in [1.82, 2.24) is 20.4 Å². The van der Waals surface area contributed by atoms with Crippen LogP contribution in [-0.2, 0) is 41.4 Å². The van der Waals surface area contributed by atoms with Gasteiger partial charge in [0.1, 0.15) is 17.1 Å². The van der Waals surface area contributed by atoms with Gasteiger partial charge < -0.3 is 58.7 Å². The Bertz CT molecular complexity index is 2090. The lowest BCUT2D eigenvalue weighted by Crippen LogP contribution is -2.54. The molecular weight excluding hydrogens is 845 g/mol. The van der Waals surface area contributed by atoms with E-state index in [-0.39, 0.29) is 62.1 Å². The van der Waals surface area contributed by atoms with Crippen LogP contribution in [0.2, 0.25) is 0 Å². The Kier molecular flexibility index (Phi) is 17.8. The second-order valence-electron chi connectivity index (χ2n) is 17.0. The molecule has 0 aliphatic carbocycles. The van der Waals surface area contributed by atoms with Gasteiger partial charge >= 0.3 is 24.2 Å². The number of aryl methyl sites for hydroxylation is 2. The van der Waals surface area contributed by atoms with Crippen LogP contribution in [0.5, 0.6) is 11.5 Å². The summed E-state index contributed by atoms with van der Waals surface area (Å²) in [6, 6.07) is 6.59. The molecule has 0 radical (unpaired) electrons. The Morgan fingerprint density at radius 2 is 1.25 bits per heavy atom. The van der Waals surface area contributed by atoms with E-state index in [1.807, 2.05) is 59.4 Å². The lowest BCUT2D eigenvalue weighted by molar-refractivity contribution is -0.126. The number of piperidine rings is 1. The number of carbonyl (C=O) groups is 7. The summed E-state index contributed by atoms with van der Waals surface area (Å²) >= 11 is 0. The molecule has 2 aromatic carbocycles. The van der Waals surface area contributed by atoms with Crippen LogP contribution in [0, 0.1) is 0 Å². The maximum atomic E-state index is 14.2. The summed E-state index contributed by atoms with van der Waals surface area (Å²) < 4.78 is 31.2. The molecule has 2 aromatic rings. The number of ether oxygens (including phenoxy) is 6. The number of nitrogens with one attached hydrogen (secondary N) is 2. The first-order valence-electron chi connectivity index (χ1n) is 22.0. The first-order chi connectivity index (χ1) is 30.7. The molecule has 0 unspecified atom stereocenters. The van der Waals surface area contributed by atoms with Gasteiger partial charge in [-0.1, -0.05) is 13.8 Å². The number of hydrogen-bond acceptors (Lipinski definition) is 13. The molecular formula is C46H66N6O13. The molecule has 3 aliphatic heterocycles. The van der Waals surface area contributed by atoms with Crippen LogP contribution >= 0.6 is 0 Å². The number of rotatable bonds is 12. The van der Waals surface area contributed by atoms with Gasteiger partial charge in [-0.05, 0) is 110 Å². The molecule has 65 heavy (non-hydrogen) atoms. The largest absolute Gasteiger partial charge is 0.479 e. The van der Waals surface area contributed by atoms with Gasteiger partial charge in [-0.2, -0.15) is 0 Å². The number of likely N-dealkylation sites (tertiary alicyclic amines) is 1. The van der Waals surface area contributed by atoms with Gasteiger partial charge in [0.05, 0.1) is 44.3 Å². The van der Waals surface area contributed by atoms with E-state index in [4.69, 9.17) is 18.9 Å². The number of amides is 6. The van der Waals surface area contributed by atoms with E-state index in [0.29, 0.717) is 59.9 Å². The summed E-state index contributed by atoms with van der Waals surface area (Å²) in [6.45, 7) is 18.4. The SMILES string of the molecule is CCc1cc2c(cc1C(=O)N(C(C)C)[C@@H]1CCCN(C(=O)OC(C)(C)C)C1)N(CCNC(=O)OC)C(=O)[C@@H](C)O2.CCc1cc2c(cc1C(=O)OC)N(CCNC(=O)OC)C(=O)[C@@H](C)O2. The summed E-state index contributed by atoms with van der Waals surface area (Å²) in [5.41, 5.74) is 2.82. The predicted molar refractivity (Wildman–Crippen MR) is 241 cm³/mol. The zero-order chi connectivity index (χ0) is 48.3. The van der Waals surface area contributed by atoms with E-state index in [2.05, 4.69) is 20.1 Å². The van der Waals surface area contributed by atoms with Crippen molar-refractivity contribution in [2.45, 2.75) is 118 Å². The Balaban J connectivity index is 0.000000317. The Labute approximate surface area is 381 Å². The molecule has 3 atom stereocenters. The number of nitrogens with zero attached hydrogens (tertiary/aromatic N) is 4. The molecule has 3 heterocycles. The monoisotopic (exact) mass is 910 g/mol. The number of fused-ring (bicyclic) bond motifs is 2. The van der Waals surface area contributed by atoms with Crippen LogP contribution < -0.4 is 29.9 Å². The Morgan fingerprint density at radius 3 is 1.68 bits per heavy atom. The van der Waals surface area contributed by atoms with Crippen molar-refractivity contribution < 1.29 is 62.0 Å². The zero-order valence-corrected chi connectivity index (χ0v) is 39.8. The molecule has 19 nitrogen and oxygen atoms in total. The highest BCUT2D eigenvalue weighted by Gasteiger charge is 2.38. The molecule has 0 saturated carbocycles. The van der Waals surface area contributed by atoms with Gasteiger partial charge in [0.25, 0.3) is 17.7 Å². The minimum atomic E-state index is -0.704. The summed E-state index contributed by atoms with van der Waals surface area (Å²) in [4.78, 5) is 93.9. The third-order valence-electron chi connectivity index (χ3n) is 11.0. The number of methoxy groups -OCH3 is 3.